The van der Waals surface area contributed by atoms with Gasteiger partial charge >= 0.3 is 11.9 Å². The van der Waals surface area contributed by atoms with E-state index in [1.54, 1.807) is 18.2 Å². The maximum Gasteiger partial charge on any atom is 0.323 e. The Morgan fingerprint density at radius 3 is 2.44 bits per heavy atom. The van der Waals surface area contributed by atoms with E-state index in [9.17, 15) is 19.2 Å². The Labute approximate surface area is 170 Å². The first-order valence-electron chi connectivity index (χ1n) is 7.54. The monoisotopic (exact) mass is 470 g/mol. The fraction of sp³-hybridized carbons (Fsp3) is 0.188. The molecule has 2 aliphatic heterocycles. The van der Waals surface area contributed by atoms with Crippen LogP contribution in [-0.2, 0) is 19.2 Å². The normalized spacial score (nSPS) is 19.1. The van der Waals surface area contributed by atoms with E-state index in [0.29, 0.717) is 15.7 Å². The van der Waals surface area contributed by atoms with Crippen molar-refractivity contribution in [2.24, 2.45) is 0 Å². The number of hydrogen-bond acceptors (Lipinski definition) is 6. The minimum Gasteiger partial charge on any atom is -0.481 e. The van der Waals surface area contributed by atoms with Gasteiger partial charge in [0.25, 0.3) is 11.8 Å². The molecule has 1 saturated heterocycles. The highest BCUT2D eigenvalue weighted by Gasteiger charge is 2.42. The van der Waals surface area contributed by atoms with Crippen molar-refractivity contribution in [3.63, 3.8) is 0 Å². The number of carboxylic acids is 2. The molecule has 27 heavy (non-hydrogen) atoms. The summed E-state index contributed by atoms with van der Waals surface area (Å²) in [6.07, 6.45) is -0.281. The number of rotatable bonds is 5. The number of carboxylic acid groups (broad SMARTS) is 2. The lowest BCUT2D eigenvalue weighted by Gasteiger charge is -2.14. The molecule has 0 saturated carbocycles. The molecule has 1 aromatic carbocycles. The molecule has 0 spiro atoms. The van der Waals surface area contributed by atoms with Crippen LogP contribution in [0.25, 0.3) is 5.57 Å². The second-order valence-electron chi connectivity index (χ2n) is 5.62. The third-order valence-electron chi connectivity index (χ3n) is 3.90. The van der Waals surface area contributed by atoms with E-state index >= 15 is 0 Å². The lowest BCUT2D eigenvalue weighted by molar-refractivity contribution is -0.137. The van der Waals surface area contributed by atoms with Crippen LogP contribution in [0.3, 0.4) is 0 Å². The van der Waals surface area contributed by atoms with Crippen LogP contribution < -0.4 is 4.90 Å². The number of benzene rings is 1. The van der Waals surface area contributed by atoms with Crippen LogP contribution >= 0.6 is 39.9 Å². The summed E-state index contributed by atoms with van der Waals surface area (Å²) in [4.78, 5) is 49.9. The largest absolute Gasteiger partial charge is 0.481 e. The van der Waals surface area contributed by atoms with Crippen LogP contribution in [0.15, 0.2) is 27.6 Å². The molecular weight excluding hydrogens is 460 g/mol. The van der Waals surface area contributed by atoms with Crippen molar-refractivity contribution in [2.45, 2.75) is 6.42 Å². The molecule has 140 valence electrons. The molecule has 8 nitrogen and oxygen atoms in total. The molecule has 0 radical (unpaired) electrons. The summed E-state index contributed by atoms with van der Waals surface area (Å²) < 4.78 is 0.815. The average molecular weight is 471 g/mol. The van der Waals surface area contributed by atoms with E-state index in [4.69, 9.17) is 22.4 Å². The zero-order valence-corrected chi connectivity index (χ0v) is 16.7. The smallest absolute Gasteiger partial charge is 0.323 e. The summed E-state index contributed by atoms with van der Waals surface area (Å²) in [7, 11) is 0. The van der Waals surface area contributed by atoms with E-state index in [2.05, 4.69) is 15.9 Å². The van der Waals surface area contributed by atoms with E-state index in [0.717, 1.165) is 21.6 Å². The molecule has 0 atom stereocenters. The molecule has 1 fully saturated rings. The molecule has 1 aromatic rings. The predicted molar refractivity (Wildman–Crippen MR) is 105 cm³/mol. The first kappa shape index (κ1) is 19.5. The van der Waals surface area contributed by atoms with Gasteiger partial charge < -0.3 is 10.2 Å². The number of hydrogen-bond donors (Lipinski definition) is 2. The molecule has 2 heterocycles. The van der Waals surface area contributed by atoms with Crippen molar-refractivity contribution in [3.8, 4) is 0 Å². The summed E-state index contributed by atoms with van der Waals surface area (Å²) in [5.74, 6) is -3.43. The van der Waals surface area contributed by atoms with Crippen LogP contribution in [-0.4, -0.2) is 56.3 Å². The van der Waals surface area contributed by atoms with Gasteiger partial charge in [0, 0.05) is 16.6 Å². The number of anilines is 1. The van der Waals surface area contributed by atoms with Crippen molar-refractivity contribution >= 4 is 79.2 Å². The van der Waals surface area contributed by atoms with Gasteiger partial charge in [-0.25, -0.2) is 0 Å². The van der Waals surface area contributed by atoms with Gasteiger partial charge in [-0.05, 0) is 18.2 Å². The van der Waals surface area contributed by atoms with Gasteiger partial charge in [0.2, 0.25) is 0 Å². The molecule has 0 aromatic heterocycles. The topological polar surface area (TPSA) is 115 Å². The molecule has 2 N–H and O–H groups in total. The second kappa shape index (κ2) is 7.41. The van der Waals surface area contributed by atoms with Gasteiger partial charge in [0.1, 0.15) is 10.9 Å². The molecule has 0 unspecified atom stereocenters. The second-order valence-corrected chi connectivity index (χ2v) is 8.18. The predicted octanol–water partition coefficient (Wildman–Crippen LogP) is 1.93. The van der Waals surface area contributed by atoms with Crippen LogP contribution in [0.1, 0.15) is 12.0 Å². The maximum atomic E-state index is 12.9. The summed E-state index contributed by atoms with van der Waals surface area (Å²) in [6.45, 7) is -0.647. The first-order chi connectivity index (χ1) is 12.7. The maximum absolute atomic E-state index is 12.9. The Morgan fingerprint density at radius 2 is 1.81 bits per heavy atom. The number of thiocarbonyl (C=S) groups is 1. The Morgan fingerprint density at radius 1 is 1.11 bits per heavy atom. The SMILES string of the molecule is O=C(O)CCN1C(=O)/C(=C2/C(=O)N(CC(=O)O)c3ccc(Br)cc32)SC1=S. The molecule has 3 rings (SSSR count). The Balaban J connectivity index is 2.08. The van der Waals surface area contributed by atoms with Crippen molar-refractivity contribution in [1.29, 1.82) is 0 Å². The highest BCUT2D eigenvalue weighted by molar-refractivity contribution is 9.10. The van der Waals surface area contributed by atoms with Crippen molar-refractivity contribution in [3.05, 3.63) is 33.1 Å². The summed E-state index contributed by atoms with van der Waals surface area (Å²) in [5, 5.41) is 17.9. The molecule has 11 heteroatoms. The lowest BCUT2D eigenvalue weighted by Crippen LogP contribution is -2.33. The number of nitrogens with zero attached hydrogens (tertiary/aromatic N) is 2. The summed E-state index contributed by atoms with van der Waals surface area (Å²) in [5.41, 5.74) is 0.883. The number of amides is 2. The van der Waals surface area contributed by atoms with Gasteiger partial charge in [-0.3, -0.25) is 29.0 Å². The first-order valence-corrected chi connectivity index (χ1v) is 9.55. The lowest BCUT2D eigenvalue weighted by atomic mass is 10.1. The number of halogens is 1. The fourth-order valence-corrected chi connectivity index (χ4v) is 4.51. The quantitative estimate of drug-likeness (QED) is 0.495. The number of carbonyl (C=O) groups is 4. The van der Waals surface area contributed by atoms with E-state index in [1.165, 1.54) is 0 Å². The van der Waals surface area contributed by atoms with Gasteiger partial charge in [0.15, 0.2) is 0 Å². The number of fused-ring (bicyclic) bond motifs is 1. The standard InChI is InChI=1S/C16H11BrN2O6S2/c17-7-1-2-9-8(5-7)12(14(24)19(9)6-11(22)23)13-15(25)18(16(26)27-13)4-3-10(20)21/h1-2,5H,3-4,6H2,(H,20,21)(H,22,23)/b13-12-. The highest BCUT2D eigenvalue weighted by atomic mass is 79.9. The minimum absolute atomic E-state index is 0.0719. The van der Waals surface area contributed by atoms with Crippen LogP contribution in [0, 0.1) is 0 Å². The van der Waals surface area contributed by atoms with Crippen LogP contribution in [0.4, 0.5) is 5.69 Å². The van der Waals surface area contributed by atoms with Crippen molar-refractivity contribution in [2.75, 3.05) is 18.0 Å². The zero-order valence-electron chi connectivity index (χ0n) is 13.5. The fourth-order valence-electron chi connectivity index (χ4n) is 2.76. The zero-order chi connectivity index (χ0) is 19.9. The highest BCUT2D eigenvalue weighted by Crippen LogP contribution is 2.45. The number of carbonyl (C=O) groups excluding carboxylic acids is 2. The van der Waals surface area contributed by atoms with Crippen LogP contribution in [0.5, 0.6) is 0 Å². The van der Waals surface area contributed by atoms with Gasteiger partial charge in [0.05, 0.1) is 22.6 Å². The Kier molecular flexibility index (Phi) is 5.36. The van der Waals surface area contributed by atoms with E-state index in [-0.39, 0.29) is 27.8 Å². The number of thioether (sulfide) groups is 1. The number of aliphatic carboxylic acids is 2. The molecule has 0 aliphatic carbocycles. The van der Waals surface area contributed by atoms with Gasteiger partial charge in [-0.1, -0.05) is 39.9 Å². The average Bonchev–Trinajstić information content (AvgIpc) is 2.99. The van der Waals surface area contributed by atoms with E-state index < -0.39 is 30.3 Å². The molecule has 2 aliphatic rings. The van der Waals surface area contributed by atoms with Crippen molar-refractivity contribution < 1.29 is 29.4 Å². The third kappa shape index (κ3) is 3.62. The summed E-state index contributed by atoms with van der Waals surface area (Å²) in [6, 6.07) is 4.90. The van der Waals surface area contributed by atoms with E-state index in [1.807, 2.05) is 0 Å². The molecule has 2 amide bonds. The van der Waals surface area contributed by atoms with Crippen molar-refractivity contribution in [1.82, 2.24) is 4.90 Å². The van der Waals surface area contributed by atoms with Gasteiger partial charge in [-0.15, -0.1) is 0 Å². The third-order valence-corrected chi connectivity index (χ3v) is 5.84. The molecular formula is C16H11BrN2O6S2. The van der Waals surface area contributed by atoms with Crippen LogP contribution in [0.2, 0.25) is 0 Å². The Hall–Kier alpha value is -2.24. The summed E-state index contributed by atoms with van der Waals surface area (Å²) >= 11 is 9.38. The minimum atomic E-state index is -1.19. The molecule has 0 bridgehead atoms. The van der Waals surface area contributed by atoms with Gasteiger partial charge in [-0.2, -0.15) is 0 Å². The Bertz CT molecular complexity index is 945.